The first-order valence-electron chi connectivity index (χ1n) is 36.9. The minimum atomic E-state index is -4.47. The number of phosphoric acid groups is 1. The Labute approximate surface area is 550 Å². The van der Waals surface area contributed by atoms with Crippen molar-refractivity contribution in [1.29, 1.82) is 0 Å². The molecule has 0 rings (SSSR count). The number of nitrogens with zero attached hydrogens (tertiary/aromatic N) is 1. The number of nitrogens with one attached hydrogen (secondary N) is 1. The summed E-state index contributed by atoms with van der Waals surface area (Å²) in [5.41, 5.74) is 0. The molecule has 0 aromatic heterocycles. The van der Waals surface area contributed by atoms with E-state index in [1.54, 1.807) is 0 Å². The van der Waals surface area contributed by atoms with Crippen LogP contribution in [0.15, 0.2) is 122 Å². The molecule has 512 valence electrons. The molecule has 0 radical (unpaired) electrons. The van der Waals surface area contributed by atoms with Crippen LogP contribution in [0.5, 0.6) is 0 Å². The predicted molar refractivity (Wildman–Crippen MR) is 387 cm³/mol. The van der Waals surface area contributed by atoms with E-state index in [-0.39, 0.29) is 31.5 Å². The molecule has 0 aliphatic carbocycles. The van der Waals surface area contributed by atoms with Crippen molar-refractivity contribution in [3.63, 3.8) is 0 Å². The molecular formula is C79H140N2O7P+. The topological polar surface area (TPSA) is 111 Å². The molecule has 0 saturated carbocycles. The zero-order valence-electron chi connectivity index (χ0n) is 58.6. The molecule has 0 saturated heterocycles. The van der Waals surface area contributed by atoms with E-state index in [1.165, 1.54) is 148 Å². The Morgan fingerprint density at radius 3 is 1.10 bits per heavy atom. The van der Waals surface area contributed by atoms with Gasteiger partial charge < -0.3 is 19.4 Å². The molecule has 2 N–H and O–H groups in total. The van der Waals surface area contributed by atoms with Crippen LogP contribution >= 0.6 is 7.82 Å². The molecule has 0 bridgehead atoms. The van der Waals surface area contributed by atoms with Gasteiger partial charge in [0.15, 0.2) is 0 Å². The Hall–Kier alpha value is -3.59. The third kappa shape index (κ3) is 68.6. The first-order chi connectivity index (χ1) is 43.4. The van der Waals surface area contributed by atoms with Gasteiger partial charge in [0.05, 0.1) is 33.8 Å². The van der Waals surface area contributed by atoms with Gasteiger partial charge in [0.2, 0.25) is 5.91 Å². The summed E-state index contributed by atoms with van der Waals surface area (Å²) in [6.45, 7) is 6.88. The lowest BCUT2D eigenvalue weighted by molar-refractivity contribution is -0.870. The summed E-state index contributed by atoms with van der Waals surface area (Å²) in [5.74, 6) is -0.518. The summed E-state index contributed by atoms with van der Waals surface area (Å²) in [4.78, 5) is 38.0. The Balaban J connectivity index is 5.11. The molecule has 0 fully saturated rings. The molecule has 0 aromatic rings. The number of unbranched alkanes of at least 4 members (excludes halogenated alkanes) is 32. The van der Waals surface area contributed by atoms with E-state index in [2.05, 4.69) is 135 Å². The molecule has 9 nitrogen and oxygen atoms in total. The van der Waals surface area contributed by atoms with E-state index in [0.29, 0.717) is 17.4 Å². The van der Waals surface area contributed by atoms with E-state index >= 15 is 0 Å². The van der Waals surface area contributed by atoms with Crippen molar-refractivity contribution >= 4 is 19.7 Å². The van der Waals surface area contributed by atoms with E-state index in [0.717, 1.165) is 135 Å². The van der Waals surface area contributed by atoms with E-state index in [4.69, 9.17) is 13.8 Å². The standard InChI is InChI=1S/C79H139N2O7P/c1-7-10-13-16-19-22-25-28-30-32-34-36-38-40-42-44-46-48-50-53-56-59-62-65-68-71-78(82)80-76(75-87-89(84,85)86-74-73-81(4,5)6)77(70-67-64-61-58-55-52-27-24-21-18-15-12-9-3)88-79(83)72-69-66-63-60-57-54-51-49-47-45-43-41-39-37-35-33-31-29-26-23-20-17-14-11-8-2/h10,13,19-20,22-23,28-31,34-37,40-43,67,70,76-77H,7-9,11-12,14-18,21,24-27,32-33,38-39,44-66,68-69,71-75H2,1-6H3,(H-,80,82,84,85)/p+1/b13-10-,22-19-,23-20-,30-28-,31-29-,36-34-,37-35-,42-40-,43-41-,70-67+. The summed E-state index contributed by atoms with van der Waals surface area (Å²) in [6, 6.07) is -0.864. The molecular weight excluding hydrogens is 1120 g/mol. The van der Waals surface area contributed by atoms with Crippen LogP contribution in [-0.2, 0) is 27.9 Å². The highest BCUT2D eigenvalue weighted by molar-refractivity contribution is 7.47. The highest BCUT2D eigenvalue weighted by Crippen LogP contribution is 2.43. The number of carbonyl (C=O) groups is 2. The number of phosphoric ester groups is 1. The summed E-state index contributed by atoms with van der Waals surface area (Å²) in [6.07, 6.45) is 94.9. The second kappa shape index (κ2) is 67.3. The van der Waals surface area contributed by atoms with Crippen LogP contribution in [0.1, 0.15) is 316 Å². The third-order valence-corrected chi connectivity index (χ3v) is 16.9. The van der Waals surface area contributed by atoms with Crippen molar-refractivity contribution in [1.82, 2.24) is 5.32 Å². The predicted octanol–water partition coefficient (Wildman–Crippen LogP) is 23.8. The SMILES string of the molecule is CC/C=C\C/C=C\C/C=C\C/C=C\C/C=C\CCCCCCCCCCCC(=O)NC(COP(=O)(O)OCC[N+](C)(C)C)C(/C=C/CCCCCCCCCCCCC)OC(=O)CCCCCCCCCCC/C=C\C/C=C\C/C=C\C/C=C\CCCCC. The summed E-state index contributed by atoms with van der Waals surface area (Å²) >= 11 is 0. The Morgan fingerprint density at radius 1 is 0.404 bits per heavy atom. The Kier molecular flexibility index (Phi) is 64.6. The van der Waals surface area contributed by atoms with Gasteiger partial charge in [0.1, 0.15) is 19.3 Å². The van der Waals surface area contributed by atoms with E-state index in [9.17, 15) is 19.0 Å². The number of allylic oxidation sites excluding steroid dienone is 19. The Morgan fingerprint density at radius 2 is 0.719 bits per heavy atom. The minimum absolute atomic E-state index is 0.0325. The molecule has 3 atom stereocenters. The average molecular weight is 1260 g/mol. The van der Waals surface area contributed by atoms with Crippen molar-refractivity contribution in [2.75, 3.05) is 40.9 Å². The van der Waals surface area contributed by atoms with Crippen LogP contribution in [0.2, 0.25) is 0 Å². The van der Waals surface area contributed by atoms with Crippen molar-refractivity contribution in [3.05, 3.63) is 122 Å². The first kappa shape index (κ1) is 85.4. The molecule has 0 heterocycles. The fourth-order valence-corrected chi connectivity index (χ4v) is 11.0. The lowest BCUT2D eigenvalue weighted by Gasteiger charge is -2.27. The van der Waals surface area contributed by atoms with Gasteiger partial charge >= 0.3 is 13.8 Å². The van der Waals surface area contributed by atoms with Gasteiger partial charge in [-0.15, -0.1) is 0 Å². The monoisotopic (exact) mass is 1260 g/mol. The lowest BCUT2D eigenvalue weighted by Crippen LogP contribution is -2.47. The smallest absolute Gasteiger partial charge is 0.456 e. The van der Waals surface area contributed by atoms with Crippen LogP contribution in [0.25, 0.3) is 0 Å². The van der Waals surface area contributed by atoms with Crippen molar-refractivity contribution in [2.45, 2.75) is 328 Å². The summed E-state index contributed by atoms with van der Waals surface area (Å²) in [5, 5.41) is 3.07. The number of esters is 1. The lowest BCUT2D eigenvalue weighted by atomic mass is 10.0. The van der Waals surface area contributed by atoms with Gasteiger partial charge in [-0.05, 0) is 122 Å². The average Bonchev–Trinajstić information content (AvgIpc) is 3.67. The first-order valence-corrected chi connectivity index (χ1v) is 38.4. The molecule has 3 unspecified atom stereocenters. The van der Waals surface area contributed by atoms with Crippen LogP contribution in [0.3, 0.4) is 0 Å². The van der Waals surface area contributed by atoms with Gasteiger partial charge in [0, 0.05) is 12.8 Å². The molecule has 89 heavy (non-hydrogen) atoms. The molecule has 0 spiro atoms. The van der Waals surface area contributed by atoms with Gasteiger partial charge in [-0.25, -0.2) is 4.57 Å². The number of ether oxygens (including phenoxy) is 1. The van der Waals surface area contributed by atoms with Crippen molar-refractivity contribution in [3.8, 4) is 0 Å². The number of amides is 1. The minimum Gasteiger partial charge on any atom is -0.456 e. The quantitative estimate of drug-likeness (QED) is 0.0205. The number of quaternary nitrogens is 1. The molecule has 0 aliphatic rings. The molecule has 1 amide bonds. The van der Waals surface area contributed by atoms with Crippen LogP contribution in [-0.4, -0.2) is 74.3 Å². The highest BCUT2D eigenvalue weighted by atomic mass is 31.2. The van der Waals surface area contributed by atoms with Crippen molar-refractivity contribution in [2.24, 2.45) is 0 Å². The van der Waals surface area contributed by atoms with E-state index < -0.39 is 20.0 Å². The van der Waals surface area contributed by atoms with Crippen LogP contribution < -0.4 is 5.32 Å². The van der Waals surface area contributed by atoms with E-state index in [1.807, 2.05) is 33.3 Å². The maximum Gasteiger partial charge on any atom is 0.472 e. The van der Waals surface area contributed by atoms with Gasteiger partial charge in [-0.2, -0.15) is 0 Å². The maximum atomic E-state index is 13.6. The highest BCUT2D eigenvalue weighted by Gasteiger charge is 2.30. The molecule has 0 aliphatic heterocycles. The fourth-order valence-electron chi connectivity index (χ4n) is 10.2. The number of hydrogen-bond acceptors (Lipinski definition) is 6. The largest absolute Gasteiger partial charge is 0.472 e. The van der Waals surface area contributed by atoms with Gasteiger partial charge in [-0.3, -0.25) is 18.6 Å². The van der Waals surface area contributed by atoms with Gasteiger partial charge in [0.25, 0.3) is 0 Å². The summed E-state index contributed by atoms with van der Waals surface area (Å²) < 4.78 is 30.9. The molecule has 0 aromatic carbocycles. The molecule has 10 heteroatoms. The zero-order chi connectivity index (χ0) is 64.9. The zero-order valence-corrected chi connectivity index (χ0v) is 59.5. The second-order valence-corrected chi connectivity index (χ2v) is 27.2. The van der Waals surface area contributed by atoms with Crippen molar-refractivity contribution < 1.29 is 37.3 Å². The normalized spacial score (nSPS) is 14.2. The number of hydrogen-bond donors (Lipinski definition) is 2. The fraction of sp³-hybridized carbons (Fsp3) is 0.722. The second-order valence-electron chi connectivity index (χ2n) is 25.7. The maximum absolute atomic E-state index is 13.6. The van der Waals surface area contributed by atoms with Crippen LogP contribution in [0, 0.1) is 0 Å². The summed E-state index contributed by atoms with van der Waals surface area (Å²) in [7, 11) is 1.48. The Bertz CT molecular complexity index is 1940. The van der Waals surface area contributed by atoms with Gasteiger partial charge in [-0.1, -0.05) is 303 Å². The number of likely N-dealkylation sites (N-methyl/N-ethyl adjacent to an activating group) is 1. The number of rotatable bonds is 66. The number of carbonyl (C=O) groups excluding carboxylic acids is 2. The third-order valence-electron chi connectivity index (χ3n) is 15.9. The van der Waals surface area contributed by atoms with Crippen LogP contribution in [0.4, 0.5) is 0 Å².